The van der Waals surface area contributed by atoms with E-state index in [4.69, 9.17) is 5.26 Å². The second-order valence-electron chi connectivity index (χ2n) is 7.82. The summed E-state index contributed by atoms with van der Waals surface area (Å²) in [5.41, 5.74) is 4.99. The number of rotatable bonds is 11. The van der Waals surface area contributed by atoms with Crippen LogP contribution in [-0.4, -0.2) is 40.4 Å². The van der Waals surface area contributed by atoms with Crippen molar-refractivity contribution in [2.75, 3.05) is 20.6 Å². The van der Waals surface area contributed by atoms with Crippen LogP contribution in [0.4, 0.5) is 0 Å². The first-order valence-electron chi connectivity index (χ1n) is 11.0. The third kappa shape index (κ3) is 6.55. The predicted octanol–water partition coefficient (Wildman–Crippen LogP) is 5.28. The van der Waals surface area contributed by atoms with E-state index in [-0.39, 0.29) is 11.9 Å². The van der Waals surface area contributed by atoms with Gasteiger partial charge in [-0.1, -0.05) is 80.0 Å². The lowest BCUT2D eigenvalue weighted by atomic mass is 10.0. The maximum atomic E-state index is 11.2. The molecule has 0 fully saturated rings. The summed E-state index contributed by atoms with van der Waals surface area (Å²) in [6.45, 7) is 10.1. The van der Waals surface area contributed by atoms with Crippen molar-refractivity contribution < 1.29 is 5.11 Å². The molecule has 1 atom stereocenters. The molecular weight excluding hydrogens is 422 g/mol. The van der Waals surface area contributed by atoms with Gasteiger partial charge in [0.2, 0.25) is 0 Å². The van der Waals surface area contributed by atoms with Crippen LogP contribution in [0, 0.1) is 11.3 Å². The molecule has 1 aromatic heterocycles. The monoisotopic (exact) mass is 455 g/mol. The van der Waals surface area contributed by atoms with Gasteiger partial charge in [0.05, 0.1) is 6.07 Å². The number of hydrogen-bond acceptors (Lipinski definition) is 5. The molecule has 6 nitrogen and oxygen atoms in total. The van der Waals surface area contributed by atoms with Crippen molar-refractivity contribution in [1.29, 1.82) is 5.26 Å². The highest BCUT2D eigenvalue weighted by Gasteiger charge is 2.25. The topological polar surface area (TPSA) is 77.1 Å². The minimum atomic E-state index is -0.290. The molecule has 1 unspecified atom stereocenters. The maximum absolute atomic E-state index is 11.2. The average molecular weight is 456 g/mol. The lowest BCUT2D eigenvalue weighted by molar-refractivity contribution is 0.238. The number of aromatic nitrogens is 2. The van der Waals surface area contributed by atoms with Gasteiger partial charge >= 0.3 is 0 Å². The first kappa shape index (κ1) is 26.3. The molecule has 2 rings (SSSR count). The Morgan fingerprint density at radius 3 is 2.53 bits per heavy atom. The number of benzene rings is 1. The molecule has 0 amide bonds. The lowest BCUT2D eigenvalue weighted by Gasteiger charge is -2.26. The van der Waals surface area contributed by atoms with E-state index in [9.17, 15) is 5.11 Å². The van der Waals surface area contributed by atoms with E-state index >= 15 is 0 Å². The minimum Gasteiger partial charge on any atom is -0.504 e. The van der Waals surface area contributed by atoms with Crippen LogP contribution in [0.15, 0.2) is 91.6 Å². The summed E-state index contributed by atoms with van der Waals surface area (Å²) in [4.78, 5) is 1.98. The zero-order valence-electron chi connectivity index (χ0n) is 20.4. The van der Waals surface area contributed by atoms with Gasteiger partial charge in [-0.2, -0.15) is 10.4 Å². The molecule has 0 saturated carbocycles. The number of aromatic hydroxyl groups is 1. The summed E-state index contributed by atoms with van der Waals surface area (Å²) in [6.07, 6.45) is 14.1. The summed E-state index contributed by atoms with van der Waals surface area (Å²) in [5, 5.41) is 28.0. The Bertz CT molecular complexity index is 1150. The smallest absolute Gasteiger partial charge is 0.168 e. The lowest BCUT2D eigenvalue weighted by Crippen LogP contribution is -2.35. The van der Waals surface area contributed by atoms with E-state index in [1.807, 2.05) is 87.6 Å². The average Bonchev–Trinajstić information content (AvgIpc) is 3.11. The Hall–Kier alpha value is -3.92. The number of nitrogens with one attached hydrogen (secondary N) is 1. The van der Waals surface area contributed by atoms with Gasteiger partial charge < -0.3 is 5.11 Å². The fourth-order valence-electron chi connectivity index (χ4n) is 3.60. The standard InChI is InChI=1S/C28H33N5O/c1-7-12-21(14-10-11-19-29)20-30-28(32(4)5)26-27(34)25(31-33(26)6)24-17-15-23(16-18-24)22(9-3)13-8-2/h7-18,28,30,34H,2-3,20H2,1,4-6H3/b11-10+,12-7-,21-14+,22-13+. The van der Waals surface area contributed by atoms with Crippen molar-refractivity contribution in [3.8, 4) is 23.1 Å². The van der Waals surface area contributed by atoms with E-state index in [0.29, 0.717) is 17.9 Å². The van der Waals surface area contributed by atoms with Crippen LogP contribution in [-0.2, 0) is 7.05 Å². The molecule has 34 heavy (non-hydrogen) atoms. The van der Waals surface area contributed by atoms with Crippen LogP contribution in [0.1, 0.15) is 24.3 Å². The fraction of sp³-hybridized carbons (Fsp3) is 0.214. The SMILES string of the molecule is C=C/C=C(\C=C)c1ccc(-c2nn(C)c(C(NCC(/C=C\C)=C/C=C/C#N)N(C)C)c2O)cc1. The fourth-order valence-corrected chi connectivity index (χ4v) is 3.60. The summed E-state index contributed by atoms with van der Waals surface area (Å²) in [7, 11) is 5.71. The molecule has 0 radical (unpaired) electrons. The minimum absolute atomic E-state index is 0.132. The number of allylic oxidation sites excluding steroid dienone is 8. The first-order chi connectivity index (χ1) is 16.4. The van der Waals surface area contributed by atoms with E-state index in [1.54, 1.807) is 22.9 Å². The van der Waals surface area contributed by atoms with Gasteiger partial charge in [0.1, 0.15) is 17.6 Å². The summed E-state index contributed by atoms with van der Waals surface area (Å²) in [6, 6.07) is 9.82. The third-order valence-corrected chi connectivity index (χ3v) is 5.21. The predicted molar refractivity (Wildman–Crippen MR) is 141 cm³/mol. The van der Waals surface area contributed by atoms with Gasteiger partial charge in [0.15, 0.2) is 5.75 Å². The second-order valence-corrected chi connectivity index (χ2v) is 7.82. The molecule has 0 bridgehead atoms. The number of nitrogens with zero attached hydrogens (tertiary/aromatic N) is 4. The Kier molecular flexibility index (Phi) is 10.0. The van der Waals surface area contributed by atoms with Gasteiger partial charge in [-0.05, 0) is 37.7 Å². The van der Waals surface area contributed by atoms with Crippen molar-refractivity contribution in [2.24, 2.45) is 7.05 Å². The quantitative estimate of drug-likeness (QED) is 0.274. The number of aryl methyl sites for hydroxylation is 1. The first-order valence-corrected chi connectivity index (χ1v) is 11.0. The Morgan fingerprint density at radius 1 is 1.26 bits per heavy atom. The summed E-state index contributed by atoms with van der Waals surface area (Å²) >= 11 is 0. The van der Waals surface area contributed by atoms with Gasteiger partial charge in [-0.25, -0.2) is 0 Å². The Balaban J connectivity index is 2.37. The highest BCUT2D eigenvalue weighted by atomic mass is 16.3. The van der Waals surface area contributed by atoms with Crippen LogP contribution in [0.3, 0.4) is 0 Å². The second kappa shape index (κ2) is 12.9. The van der Waals surface area contributed by atoms with Crippen LogP contribution in [0.2, 0.25) is 0 Å². The van der Waals surface area contributed by atoms with Gasteiger partial charge in [-0.3, -0.25) is 14.9 Å². The molecule has 1 aromatic carbocycles. The number of nitriles is 1. The van der Waals surface area contributed by atoms with Crippen molar-refractivity contribution in [1.82, 2.24) is 20.0 Å². The molecule has 0 aliphatic rings. The molecule has 1 heterocycles. The summed E-state index contributed by atoms with van der Waals surface area (Å²) in [5.74, 6) is 0.132. The van der Waals surface area contributed by atoms with Gasteiger partial charge in [0, 0.05) is 25.2 Å². The number of hydrogen-bond donors (Lipinski definition) is 2. The van der Waals surface area contributed by atoms with E-state index < -0.39 is 0 Å². The maximum Gasteiger partial charge on any atom is 0.168 e. The van der Waals surface area contributed by atoms with Crippen molar-refractivity contribution in [3.05, 3.63) is 103 Å². The Labute approximate surface area is 202 Å². The van der Waals surface area contributed by atoms with E-state index in [0.717, 1.165) is 22.3 Å². The normalized spacial score (nSPS) is 13.5. The third-order valence-electron chi connectivity index (χ3n) is 5.21. The summed E-state index contributed by atoms with van der Waals surface area (Å²) < 4.78 is 1.71. The largest absolute Gasteiger partial charge is 0.504 e. The molecule has 176 valence electrons. The molecule has 0 aliphatic heterocycles. The van der Waals surface area contributed by atoms with Crippen molar-refractivity contribution >= 4 is 5.57 Å². The van der Waals surface area contributed by atoms with Crippen LogP contribution in [0.25, 0.3) is 16.8 Å². The zero-order chi connectivity index (χ0) is 25.1. The zero-order valence-corrected chi connectivity index (χ0v) is 20.4. The Morgan fingerprint density at radius 2 is 1.97 bits per heavy atom. The highest BCUT2D eigenvalue weighted by Crippen LogP contribution is 2.35. The van der Waals surface area contributed by atoms with Gasteiger partial charge in [-0.15, -0.1) is 0 Å². The van der Waals surface area contributed by atoms with Crippen LogP contribution >= 0.6 is 0 Å². The molecule has 0 spiro atoms. The van der Waals surface area contributed by atoms with Crippen molar-refractivity contribution in [3.63, 3.8) is 0 Å². The molecular formula is C28H33N5O. The van der Waals surface area contributed by atoms with E-state index in [2.05, 4.69) is 23.6 Å². The van der Waals surface area contributed by atoms with Crippen LogP contribution in [0.5, 0.6) is 5.75 Å². The molecule has 6 heteroatoms. The van der Waals surface area contributed by atoms with Crippen LogP contribution < -0.4 is 5.32 Å². The molecule has 0 saturated heterocycles. The van der Waals surface area contributed by atoms with Gasteiger partial charge in [0.25, 0.3) is 0 Å². The molecule has 2 N–H and O–H groups in total. The highest BCUT2D eigenvalue weighted by molar-refractivity contribution is 5.77. The van der Waals surface area contributed by atoms with E-state index in [1.165, 1.54) is 6.08 Å². The molecule has 2 aromatic rings. The van der Waals surface area contributed by atoms with Crippen molar-refractivity contribution in [2.45, 2.75) is 13.1 Å². The molecule has 0 aliphatic carbocycles.